The monoisotopic (exact) mass is 451 g/mol. The number of carbonyl (C=O) groups is 2. The van der Waals surface area contributed by atoms with E-state index in [0.29, 0.717) is 29.2 Å². The molecule has 2 aliphatic rings. The summed E-state index contributed by atoms with van der Waals surface area (Å²) in [5, 5.41) is 2.71. The third-order valence-electron chi connectivity index (χ3n) is 5.65. The van der Waals surface area contributed by atoms with Crippen LogP contribution in [0.25, 0.3) is 0 Å². The van der Waals surface area contributed by atoms with Crippen LogP contribution in [0.5, 0.6) is 0 Å². The molecule has 3 aromatic carbocycles. The maximum atomic E-state index is 13.8. The summed E-state index contributed by atoms with van der Waals surface area (Å²) in [6, 6.07) is 18.6. The summed E-state index contributed by atoms with van der Waals surface area (Å²) in [4.78, 5) is 28.9. The second-order valence-electron chi connectivity index (χ2n) is 7.62. The molecule has 0 aliphatic carbocycles. The molecule has 2 aliphatic heterocycles. The number of nitrogens with one attached hydrogen (secondary N) is 1. The minimum Gasteiger partial charge on any atom is -0.308 e. The minimum atomic E-state index is -1.22. The Morgan fingerprint density at radius 2 is 1.75 bits per heavy atom. The van der Waals surface area contributed by atoms with Gasteiger partial charge in [0.1, 0.15) is 11.6 Å². The minimum absolute atomic E-state index is 0.190. The lowest BCUT2D eigenvalue weighted by molar-refractivity contribution is -0.123. The zero-order chi connectivity index (χ0) is 22.3. The van der Waals surface area contributed by atoms with Gasteiger partial charge in [-0.15, -0.1) is 11.8 Å². The summed E-state index contributed by atoms with van der Waals surface area (Å²) in [5.41, 5.74) is 2.39. The lowest BCUT2D eigenvalue weighted by Gasteiger charge is -2.33. The first kappa shape index (κ1) is 20.5. The van der Waals surface area contributed by atoms with Crippen LogP contribution < -0.4 is 10.2 Å². The summed E-state index contributed by atoms with van der Waals surface area (Å²) in [6.45, 7) is 0.551. The molecule has 162 valence electrons. The van der Waals surface area contributed by atoms with Crippen molar-refractivity contribution in [3.8, 4) is 0 Å². The number of benzene rings is 3. The van der Waals surface area contributed by atoms with Crippen LogP contribution in [0.4, 0.5) is 25.0 Å². The first-order chi connectivity index (χ1) is 15.5. The van der Waals surface area contributed by atoms with Crippen LogP contribution in [0.2, 0.25) is 0 Å². The number of halogens is 2. The number of fused-ring (bicyclic) bond motifs is 2. The second-order valence-corrected chi connectivity index (χ2v) is 8.91. The Kier molecular flexibility index (Phi) is 5.09. The maximum absolute atomic E-state index is 13.8. The van der Waals surface area contributed by atoms with Crippen molar-refractivity contribution in [2.24, 2.45) is 0 Å². The summed E-state index contributed by atoms with van der Waals surface area (Å²) in [6.07, 6.45) is 0. The summed E-state index contributed by atoms with van der Waals surface area (Å²) >= 11 is 1.40. The van der Waals surface area contributed by atoms with Gasteiger partial charge in [-0.1, -0.05) is 36.4 Å². The maximum Gasteiger partial charge on any atom is 0.323 e. The molecule has 0 aromatic heterocycles. The van der Waals surface area contributed by atoms with Gasteiger partial charge in [0, 0.05) is 23.5 Å². The number of para-hydroxylation sites is 1. The number of hydrogen-bond donors (Lipinski definition) is 1. The Morgan fingerprint density at radius 1 is 1.00 bits per heavy atom. The van der Waals surface area contributed by atoms with Crippen LogP contribution in [-0.4, -0.2) is 29.1 Å². The van der Waals surface area contributed by atoms with E-state index < -0.39 is 16.7 Å². The fraction of sp³-hybridized carbons (Fsp3) is 0.167. The van der Waals surface area contributed by atoms with E-state index in [1.807, 2.05) is 24.3 Å². The fourth-order valence-corrected chi connectivity index (χ4v) is 5.76. The Morgan fingerprint density at radius 3 is 2.53 bits per heavy atom. The van der Waals surface area contributed by atoms with Crippen molar-refractivity contribution in [2.75, 3.05) is 22.5 Å². The molecule has 1 spiro atoms. The third-order valence-corrected chi connectivity index (χ3v) is 7.07. The highest BCUT2D eigenvalue weighted by molar-refractivity contribution is 8.01. The number of amides is 3. The van der Waals surface area contributed by atoms with E-state index in [2.05, 4.69) is 5.32 Å². The van der Waals surface area contributed by atoms with E-state index in [1.54, 1.807) is 23.1 Å². The molecule has 0 radical (unpaired) electrons. The van der Waals surface area contributed by atoms with Gasteiger partial charge in [-0.3, -0.25) is 9.69 Å². The molecule has 0 saturated carbocycles. The Balaban J connectivity index is 1.51. The van der Waals surface area contributed by atoms with Crippen LogP contribution >= 0.6 is 11.8 Å². The van der Waals surface area contributed by atoms with Gasteiger partial charge in [-0.05, 0) is 42.0 Å². The molecule has 3 aromatic rings. The van der Waals surface area contributed by atoms with Gasteiger partial charge < -0.3 is 10.2 Å². The van der Waals surface area contributed by atoms with Gasteiger partial charge in [0.2, 0.25) is 0 Å². The number of thioether (sulfide) groups is 1. The van der Waals surface area contributed by atoms with Gasteiger partial charge in [-0.2, -0.15) is 0 Å². The second kappa shape index (κ2) is 7.94. The zero-order valence-electron chi connectivity index (χ0n) is 16.9. The predicted molar refractivity (Wildman–Crippen MR) is 120 cm³/mol. The molecule has 1 fully saturated rings. The summed E-state index contributed by atoms with van der Waals surface area (Å²) < 4.78 is 27.3. The van der Waals surface area contributed by atoms with Gasteiger partial charge in [-0.25, -0.2) is 13.6 Å². The van der Waals surface area contributed by atoms with E-state index >= 15 is 0 Å². The lowest BCUT2D eigenvalue weighted by Crippen LogP contribution is -2.51. The van der Waals surface area contributed by atoms with Crippen molar-refractivity contribution in [2.45, 2.75) is 11.4 Å². The smallest absolute Gasteiger partial charge is 0.308 e. The highest BCUT2D eigenvalue weighted by atomic mass is 32.2. The highest BCUT2D eigenvalue weighted by Crippen LogP contribution is 2.54. The summed E-state index contributed by atoms with van der Waals surface area (Å²) in [7, 11) is 0. The molecule has 32 heavy (non-hydrogen) atoms. The quantitative estimate of drug-likeness (QED) is 0.613. The predicted octanol–water partition coefficient (Wildman–Crippen LogP) is 4.95. The number of urea groups is 1. The number of rotatable bonds is 3. The van der Waals surface area contributed by atoms with Crippen molar-refractivity contribution in [1.82, 2.24) is 4.90 Å². The van der Waals surface area contributed by atoms with E-state index in [1.165, 1.54) is 47.0 Å². The molecular formula is C24H19F2N3O2S. The molecule has 1 unspecified atom stereocenters. The van der Waals surface area contributed by atoms with Gasteiger partial charge in [0.25, 0.3) is 5.91 Å². The zero-order valence-corrected chi connectivity index (χ0v) is 17.7. The third kappa shape index (κ3) is 3.31. The topological polar surface area (TPSA) is 52.7 Å². The first-order valence-corrected chi connectivity index (χ1v) is 11.1. The van der Waals surface area contributed by atoms with E-state index in [9.17, 15) is 18.4 Å². The molecule has 8 heteroatoms. The van der Waals surface area contributed by atoms with Crippen molar-refractivity contribution in [3.63, 3.8) is 0 Å². The average Bonchev–Trinajstić information content (AvgIpc) is 3.31. The Labute approximate surface area is 188 Å². The van der Waals surface area contributed by atoms with Crippen molar-refractivity contribution in [1.29, 1.82) is 0 Å². The number of nitrogens with zero attached hydrogens (tertiary/aromatic N) is 2. The van der Waals surface area contributed by atoms with E-state index in [-0.39, 0.29) is 18.3 Å². The number of hydrogen-bond acceptors (Lipinski definition) is 3. The molecule has 5 nitrogen and oxygen atoms in total. The number of carbonyl (C=O) groups excluding carboxylic acids is 2. The first-order valence-electron chi connectivity index (χ1n) is 10.1. The van der Waals surface area contributed by atoms with Crippen LogP contribution in [0.3, 0.4) is 0 Å². The molecule has 0 bridgehead atoms. The normalized spacial score (nSPS) is 19.5. The largest absolute Gasteiger partial charge is 0.323 e. The average molecular weight is 451 g/mol. The fourth-order valence-electron chi connectivity index (χ4n) is 4.30. The molecule has 2 heterocycles. The summed E-state index contributed by atoms with van der Waals surface area (Å²) in [5.74, 6) is -0.509. The van der Waals surface area contributed by atoms with Crippen LogP contribution in [-0.2, 0) is 16.2 Å². The van der Waals surface area contributed by atoms with E-state index in [4.69, 9.17) is 0 Å². The standard InChI is InChI=1S/C24H19F2N3O2S/c25-17-6-3-5-16(13-17)15-28-21-10-2-1-9-20(21)24(22(28)30)29(11-12-32-24)23(31)27-19-8-4-7-18(26)14-19/h1-10,13-14H,11-12,15H2,(H,27,31). The highest BCUT2D eigenvalue weighted by Gasteiger charge is 2.59. The molecule has 5 rings (SSSR count). The van der Waals surface area contributed by atoms with Gasteiger partial charge in [0.05, 0.1) is 12.2 Å². The Hall–Kier alpha value is -3.39. The molecule has 1 saturated heterocycles. The van der Waals surface area contributed by atoms with Crippen LogP contribution in [0, 0.1) is 11.6 Å². The molecule has 1 atom stereocenters. The molecule has 3 amide bonds. The van der Waals surface area contributed by atoms with Crippen molar-refractivity contribution in [3.05, 3.63) is 95.6 Å². The molecule has 1 N–H and O–H groups in total. The van der Waals surface area contributed by atoms with Crippen LogP contribution in [0.1, 0.15) is 11.1 Å². The van der Waals surface area contributed by atoms with Gasteiger partial charge in [0.15, 0.2) is 4.87 Å². The number of anilines is 2. The SMILES string of the molecule is O=C(Nc1cccc(F)c1)N1CCSC12C(=O)N(Cc1cccc(F)c1)c1ccccc12. The van der Waals surface area contributed by atoms with Crippen molar-refractivity contribution >= 4 is 35.1 Å². The van der Waals surface area contributed by atoms with Crippen molar-refractivity contribution < 1.29 is 18.4 Å². The molecular weight excluding hydrogens is 432 g/mol. The van der Waals surface area contributed by atoms with Gasteiger partial charge >= 0.3 is 6.03 Å². The lowest BCUT2D eigenvalue weighted by atomic mass is 10.1. The van der Waals surface area contributed by atoms with E-state index in [0.717, 1.165) is 5.56 Å². The Bertz CT molecular complexity index is 1220. The van der Waals surface area contributed by atoms with Crippen LogP contribution in [0.15, 0.2) is 72.8 Å².